The highest BCUT2D eigenvalue weighted by molar-refractivity contribution is 4.95. The summed E-state index contributed by atoms with van der Waals surface area (Å²) in [5, 5.41) is 8.96. The van der Waals surface area contributed by atoms with Crippen molar-refractivity contribution in [2.75, 3.05) is 13.2 Å². The zero-order chi connectivity index (χ0) is 10.2. The van der Waals surface area contributed by atoms with E-state index in [1.54, 1.807) is 12.5 Å². The Morgan fingerprint density at radius 2 is 2.36 bits per heavy atom. The largest absolute Gasteiger partial charge is 0.390 e. The predicted octanol–water partition coefficient (Wildman–Crippen LogP) is 1.19. The van der Waals surface area contributed by atoms with E-state index in [2.05, 4.69) is 11.9 Å². The molecule has 0 bridgehead atoms. The molecule has 0 atom stereocenters. The average Bonchev–Trinajstić information content (AvgIpc) is 2.65. The van der Waals surface area contributed by atoms with Gasteiger partial charge in [0.25, 0.3) is 0 Å². The van der Waals surface area contributed by atoms with Crippen molar-refractivity contribution in [3.8, 4) is 0 Å². The van der Waals surface area contributed by atoms with Gasteiger partial charge >= 0.3 is 0 Å². The van der Waals surface area contributed by atoms with Crippen LogP contribution in [-0.2, 0) is 17.9 Å². The quantitative estimate of drug-likeness (QED) is 0.669. The zero-order valence-electron chi connectivity index (χ0n) is 8.65. The van der Waals surface area contributed by atoms with Crippen molar-refractivity contribution in [3.63, 3.8) is 0 Å². The van der Waals surface area contributed by atoms with E-state index in [-0.39, 0.29) is 6.61 Å². The van der Waals surface area contributed by atoms with E-state index in [1.807, 2.05) is 4.57 Å². The van der Waals surface area contributed by atoms with Crippen LogP contribution in [0, 0.1) is 0 Å². The fourth-order valence-electron chi connectivity index (χ4n) is 1.26. The van der Waals surface area contributed by atoms with Crippen molar-refractivity contribution in [2.45, 2.75) is 32.9 Å². The summed E-state index contributed by atoms with van der Waals surface area (Å²) in [7, 11) is 0. The van der Waals surface area contributed by atoms with Crippen molar-refractivity contribution >= 4 is 0 Å². The minimum atomic E-state index is 0.0514. The monoisotopic (exact) mass is 198 g/mol. The molecule has 14 heavy (non-hydrogen) atoms. The Morgan fingerprint density at radius 1 is 1.50 bits per heavy atom. The number of hydrogen-bond acceptors (Lipinski definition) is 3. The van der Waals surface area contributed by atoms with Crippen LogP contribution >= 0.6 is 0 Å². The van der Waals surface area contributed by atoms with Crippen molar-refractivity contribution < 1.29 is 9.84 Å². The zero-order valence-corrected chi connectivity index (χ0v) is 8.65. The van der Waals surface area contributed by atoms with Gasteiger partial charge < -0.3 is 14.4 Å². The number of aliphatic hydroxyl groups excluding tert-OH is 1. The van der Waals surface area contributed by atoms with Gasteiger partial charge in [0, 0.05) is 19.8 Å². The van der Waals surface area contributed by atoms with Crippen molar-refractivity contribution in [3.05, 3.63) is 18.2 Å². The third kappa shape index (κ3) is 3.47. The smallest absolute Gasteiger partial charge is 0.0948 e. The fourth-order valence-corrected chi connectivity index (χ4v) is 1.26. The molecule has 0 aromatic carbocycles. The second-order valence-electron chi connectivity index (χ2n) is 3.20. The van der Waals surface area contributed by atoms with E-state index < -0.39 is 0 Å². The van der Waals surface area contributed by atoms with Crippen molar-refractivity contribution in [1.82, 2.24) is 9.55 Å². The van der Waals surface area contributed by atoms with Gasteiger partial charge in [0.15, 0.2) is 0 Å². The molecule has 1 aromatic rings. The molecule has 1 rings (SSSR count). The van der Waals surface area contributed by atoms with Crippen molar-refractivity contribution in [1.29, 1.82) is 0 Å². The topological polar surface area (TPSA) is 47.3 Å². The Kier molecular flexibility index (Phi) is 5.25. The summed E-state index contributed by atoms with van der Waals surface area (Å²) in [4.78, 5) is 3.97. The molecule has 0 aliphatic carbocycles. The van der Waals surface area contributed by atoms with Gasteiger partial charge in [-0.3, -0.25) is 0 Å². The maximum atomic E-state index is 8.96. The molecule has 0 saturated heterocycles. The van der Waals surface area contributed by atoms with Crippen molar-refractivity contribution in [2.24, 2.45) is 0 Å². The summed E-state index contributed by atoms with van der Waals surface area (Å²) in [6, 6.07) is 0. The lowest BCUT2D eigenvalue weighted by atomic mass is 10.4. The highest BCUT2D eigenvalue weighted by Crippen LogP contribution is 2.00. The van der Waals surface area contributed by atoms with Crippen LogP contribution in [0.5, 0.6) is 0 Å². The van der Waals surface area contributed by atoms with Crippen LogP contribution in [0.15, 0.2) is 12.5 Å². The Balaban J connectivity index is 2.17. The van der Waals surface area contributed by atoms with Gasteiger partial charge in [0.2, 0.25) is 0 Å². The second-order valence-corrected chi connectivity index (χ2v) is 3.20. The Labute approximate surface area is 84.5 Å². The van der Waals surface area contributed by atoms with Gasteiger partial charge in [-0.15, -0.1) is 0 Å². The van der Waals surface area contributed by atoms with Gasteiger partial charge in [-0.1, -0.05) is 6.92 Å². The standard InChI is InChI=1S/C10H18N2O2/c1-2-5-14-6-3-4-12-9-11-7-10(12)8-13/h7,9,13H,2-6,8H2,1H3. The number of aromatic nitrogens is 2. The summed E-state index contributed by atoms with van der Waals surface area (Å²) in [5.41, 5.74) is 0.862. The number of imidazole rings is 1. The summed E-state index contributed by atoms with van der Waals surface area (Å²) in [6.45, 7) is 4.61. The SMILES string of the molecule is CCCOCCCn1cncc1CO. The molecule has 80 valence electrons. The number of aliphatic hydroxyl groups is 1. The highest BCUT2D eigenvalue weighted by atomic mass is 16.5. The first-order valence-corrected chi connectivity index (χ1v) is 5.06. The lowest BCUT2D eigenvalue weighted by Crippen LogP contribution is -2.05. The number of ether oxygens (including phenoxy) is 1. The van der Waals surface area contributed by atoms with Crippen LogP contribution in [0.2, 0.25) is 0 Å². The van der Waals surface area contributed by atoms with Gasteiger partial charge in [-0.25, -0.2) is 4.98 Å². The maximum Gasteiger partial charge on any atom is 0.0948 e. The summed E-state index contributed by atoms with van der Waals surface area (Å²) >= 11 is 0. The number of aryl methyl sites for hydroxylation is 1. The number of hydrogen-bond donors (Lipinski definition) is 1. The Bertz CT molecular complexity index is 248. The van der Waals surface area contributed by atoms with Gasteiger partial charge in [0.05, 0.1) is 24.8 Å². The van der Waals surface area contributed by atoms with Gasteiger partial charge in [-0.2, -0.15) is 0 Å². The van der Waals surface area contributed by atoms with E-state index in [4.69, 9.17) is 9.84 Å². The third-order valence-electron chi connectivity index (χ3n) is 2.00. The summed E-state index contributed by atoms with van der Waals surface area (Å²) in [6.07, 6.45) is 5.45. The minimum absolute atomic E-state index is 0.0514. The second kappa shape index (κ2) is 6.56. The Morgan fingerprint density at radius 3 is 3.07 bits per heavy atom. The molecular formula is C10H18N2O2. The van der Waals surface area contributed by atoms with E-state index in [1.165, 1.54) is 0 Å². The first-order chi connectivity index (χ1) is 6.88. The molecule has 0 amide bonds. The molecule has 0 fully saturated rings. The first kappa shape index (κ1) is 11.2. The Hall–Kier alpha value is -0.870. The predicted molar refractivity (Wildman–Crippen MR) is 53.9 cm³/mol. The molecule has 0 aliphatic rings. The molecule has 4 heteroatoms. The average molecular weight is 198 g/mol. The normalized spacial score (nSPS) is 10.7. The lowest BCUT2D eigenvalue weighted by Gasteiger charge is -2.06. The molecule has 0 saturated carbocycles. The van der Waals surface area contributed by atoms with E-state index in [0.717, 1.165) is 38.3 Å². The molecule has 0 unspecified atom stereocenters. The van der Waals surface area contributed by atoms with Crippen LogP contribution in [0.25, 0.3) is 0 Å². The molecule has 0 aliphatic heterocycles. The molecule has 0 radical (unpaired) electrons. The summed E-state index contributed by atoms with van der Waals surface area (Å²) in [5.74, 6) is 0. The maximum absolute atomic E-state index is 8.96. The van der Waals surface area contributed by atoms with Crippen LogP contribution in [0.3, 0.4) is 0 Å². The first-order valence-electron chi connectivity index (χ1n) is 5.06. The molecule has 1 heterocycles. The van der Waals surface area contributed by atoms with E-state index in [0.29, 0.717) is 0 Å². The highest BCUT2D eigenvalue weighted by Gasteiger charge is 1.99. The van der Waals surface area contributed by atoms with E-state index in [9.17, 15) is 0 Å². The van der Waals surface area contributed by atoms with Gasteiger partial charge in [-0.05, 0) is 12.8 Å². The minimum Gasteiger partial charge on any atom is -0.390 e. The van der Waals surface area contributed by atoms with Gasteiger partial charge in [0.1, 0.15) is 0 Å². The number of rotatable bonds is 7. The number of nitrogens with zero attached hydrogens (tertiary/aromatic N) is 2. The van der Waals surface area contributed by atoms with Crippen LogP contribution in [0.1, 0.15) is 25.5 Å². The molecule has 4 nitrogen and oxygen atoms in total. The molecule has 0 spiro atoms. The third-order valence-corrected chi connectivity index (χ3v) is 2.00. The fraction of sp³-hybridized carbons (Fsp3) is 0.700. The molecular weight excluding hydrogens is 180 g/mol. The molecule has 1 N–H and O–H groups in total. The van der Waals surface area contributed by atoms with E-state index >= 15 is 0 Å². The van der Waals surface area contributed by atoms with Crippen LogP contribution in [-0.4, -0.2) is 27.9 Å². The lowest BCUT2D eigenvalue weighted by molar-refractivity contribution is 0.129. The van der Waals surface area contributed by atoms with Crippen LogP contribution in [0.4, 0.5) is 0 Å². The van der Waals surface area contributed by atoms with Crippen LogP contribution < -0.4 is 0 Å². The summed E-state index contributed by atoms with van der Waals surface area (Å²) < 4.78 is 7.31. The molecule has 1 aromatic heterocycles.